The highest BCUT2D eigenvalue weighted by Crippen LogP contribution is 2.13. The van der Waals surface area contributed by atoms with Crippen LogP contribution in [0.4, 0.5) is 5.69 Å². The van der Waals surface area contributed by atoms with Gasteiger partial charge in [-0.05, 0) is 38.3 Å². The second-order valence-corrected chi connectivity index (χ2v) is 6.44. The van der Waals surface area contributed by atoms with Crippen LogP contribution in [0.1, 0.15) is 36.2 Å². The van der Waals surface area contributed by atoms with Crippen LogP contribution < -0.4 is 10.6 Å². The lowest BCUT2D eigenvalue weighted by Gasteiger charge is -2.18. The maximum atomic E-state index is 12.3. The largest absolute Gasteiger partial charge is 0.352 e. The summed E-state index contributed by atoms with van der Waals surface area (Å²) in [5.41, 5.74) is 1.17. The molecule has 2 amide bonds. The Morgan fingerprint density at radius 1 is 1.04 bits per heavy atom. The molecule has 0 aliphatic carbocycles. The lowest BCUT2D eigenvalue weighted by atomic mass is 10.1. The number of non-ortho nitro benzene ring substituents is 1. The number of hydrogen-bond acceptors (Lipinski definition) is 4. The molecule has 2 unspecified atom stereocenters. The van der Waals surface area contributed by atoms with Gasteiger partial charge < -0.3 is 10.6 Å². The number of nitro groups is 1. The van der Waals surface area contributed by atoms with E-state index in [9.17, 15) is 19.7 Å². The van der Waals surface area contributed by atoms with E-state index in [0.29, 0.717) is 0 Å². The molecule has 27 heavy (non-hydrogen) atoms. The monoisotopic (exact) mass is 369 g/mol. The van der Waals surface area contributed by atoms with Gasteiger partial charge in [0.1, 0.15) is 6.04 Å². The number of nitrogens with one attached hydrogen (secondary N) is 2. The Labute approximate surface area is 157 Å². The smallest absolute Gasteiger partial charge is 0.270 e. The number of amides is 2. The Morgan fingerprint density at radius 2 is 1.74 bits per heavy atom. The molecule has 0 heterocycles. The Bertz CT molecular complexity index is 808. The van der Waals surface area contributed by atoms with Gasteiger partial charge >= 0.3 is 0 Å². The first-order valence-electron chi connectivity index (χ1n) is 8.76. The summed E-state index contributed by atoms with van der Waals surface area (Å²) in [6.07, 6.45) is 1.62. The summed E-state index contributed by atoms with van der Waals surface area (Å²) in [4.78, 5) is 34.7. The molecule has 0 radical (unpaired) electrons. The second-order valence-electron chi connectivity index (χ2n) is 6.44. The summed E-state index contributed by atoms with van der Waals surface area (Å²) in [7, 11) is 0. The zero-order chi connectivity index (χ0) is 19.8. The van der Waals surface area contributed by atoms with Gasteiger partial charge in [-0.15, -0.1) is 0 Å². The van der Waals surface area contributed by atoms with Crippen molar-refractivity contribution in [1.82, 2.24) is 10.6 Å². The van der Waals surface area contributed by atoms with E-state index in [4.69, 9.17) is 0 Å². The Kier molecular flexibility index (Phi) is 7.05. The molecule has 2 atom stereocenters. The third kappa shape index (κ3) is 6.22. The summed E-state index contributed by atoms with van der Waals surface area (Å²) in [5, 5.41) is 16.2. The number of carbonyl (C=O) groups excluding carboxylic acids is 2. The fourth-order valence-corrected chi connectivity index (χ4v) is 2.57. The minimum atomic E-state index is -0.754. The minimum Gasteiger partial charge on any atom is -0.352 e. The van der Waals surface area contributed by atoms with Crippen LogP contribution in [-0.2, 0) is 11.2 Å². The normalized spacial score (nSPS) is 12.7. The van der Waals surface area contributed by atoms with E-state index >= 15 is 0 Å². The summed E-state index contributed by atoms with van der Waals surface area (Å²) in [6, 6.07) is 14.6. The highest BCUT2D eigenvalue weighted by Gasteiger charge is 2.19. The van der Waals surface area contributed by atoms with Gasteiger partial charge in [0.05, 0.1) is 4.92 Å². The molecule has 0 fully saturated rings. The van der Waals surface area contributed by atoms with Crippen LogP contribution in [0.3, 0.4) is 0 Å². The Hall–Kier alpha value is -3.22. The SMILES string of the molecule is CC(CCc1ccccc1)NC(=O)C(C)NC(=O)c1cccc([N+](=O)[O-])c1. The van der Waals surface area contributed by atoms with Crippen LogP contribution in [0, 0.1) is 10.1 Å². The molecule has 7 heteroatoms. The zero-order valence-electron chi connectivity index (χ0n) is 15.3. The van der Waals surface area contributed by atoms with Gasteiger partial charge in [0.25, 0.3) is 11.6 Å². The maximum absolute atomic E-state index is 12.3. The van der Waals surface area contributed by atoms with Crippen LogP contribution in [0.15, 0.2) is 54.6 Å². The first kappa shape index (κ1) is 20.1. The van der Waals surface area contributed by atoms with Gasteiger partial charge in [-0.2, -0.15) is 0 Å². The molecular weight excluding hydrogens is 346 g/mol. The maximum Gasteiger partial charge on any atom is 0.270 e. The molecule has 2 aromatic rings. The first-order chi connectivity index (χ1) is 12.9. The summed E-state index contributed by atoms with van der Waals surface area (Å²) < 4.78 is 0. The quantitative estimate of drug-likeness (QED) is 0.552. The summed E-state index contributed by atoms with van der Waals surface area (Å²) in [6.45, 7) is 3.49. The molecule has 2 N–H and O–H groups in total. The number of carbonyl (C=O) groups is 2. The van der Waals surface area contributed by atoms with E-state index in [0.717, 1.165) is 12.8 Å². The van der Waals surface area contributed by atoms with Crippen LogP contribution in [-0.4, -0.2) is 28.8 Å². The molecule has 7 nitrogen and oxygen atoms in total. The standard InChI is InChI=1S/C20H23N3O4/c1-14(11-12-16-7-4-3-5-8-16)21-19(24)15(2)22-20(25)17-9-6-10-18(13-17)23(26)27/h3-10,13-15H,11-12H2,1-2H3,(H,21,24)(H,22,25). The molecule has 2 rings (SSSR count). The van der Waals surface area contributed by atoms with E-state index in [2.05, 4.69) is 10.6 Å². The molecule has 0 saturated carbocycles. The molecule has 2 aromatic carbocycles. The van der Waals surface area contributed by atoms with Crippen molar-refractivity contribution in [3.05, 3.63) is 75.8 Å². The van der Waals surface area contributed by atoms with Crippen molar-refractivity contribution in [2.24, 2.45) is 0 Å². The van der Waals surface area contributed by atoms with Crippen molar-refractivity contribution in [3.63, 3.8) is 0 Å². The molecule has 0 aliphatic rings. The fraction of sp³-hybridized carbons (Fsp3) is 0.300. The number of nitrogens with zero attached hydrogens (tertiary/aromatic N) is 1. The van der Waals surface area contributed by atoms with Crippen molar-refractivity contribution >= 4 is 17.5 Å². The van der Waals surface area contributed by atoms with Gasteiger partial charge in [0.2, 0.25) is 5.91 Å². The lowest BCUT2D eigenvalue weighted by Crippen LogP contribution is -2.47. The van der Waals surface area contributed by atoms with Crippen molar-refractivity contribution in [2.75, 3.05) is 0 Å². The first-order valence-corrected chi connectivity index (χ1v) is 8.76. The number of hydrogen-bond donors (Lipinski definition) is 2. The van der Waals surface area contributed by atoms with E-state index in [1.54, 1.807) is 6.92 Å². The van der Waals surface area contributed by atoms with E-state index < -0.39 is 16.9 Å². The van der Waals surface area contributed by atoms with Crippen LogP contribution >= 0.6 is 0 Å². The zero-order valence-corrected chi connectivity index (χ0v) is 15.3. The fourth-order valence-electron chi connectivity index (χ4n) is 2.57. The highest BCUT2D eigenvalue weighted by molar-refractivity contribution is 5.97. The van der Waals surface area contributed by atoms with Crippen LogP contribution in [0.5, 0.6) is 0 Å². The average Bonchev–Trinajstić information content (AvgIpc) is 2.67. The van der Waals surface area contributed by atoms with Gasteiger partial charge in [-0.3, -0.25) is 19.7 Å². The Balaban J connectivity index is 1.84. The number of benzene rings is 2. The second kappa shape index (κ2) is 9.47. The van der Waals surface area contributed by atoms with Crippen LogP contribution in [0.25, 0.3) is 0 Å². The van der Waals surface area contributed by atoms with E-state index in [1.807, 2.05) is 37.3 Å². The molecule has 0 bridgehead atoms. The molecule has 142 valence electrons. The third-order valence-electron chi connectivity index (χ3n) is 4.16. The lowest BCUT2D eigenvalue weighted by molar-refractivity contribution is -0.384. The number of aryl methyl sites for hydroxylation is 1. The predicted molar refractivity (Wildman–Crippen MR) is 102 cm³/mol. The minimum absolute atomic E-state index is 0.0464. The molecule has 0 aliphatic heterocycles. The summed E-state index contributed by atoms with van der Waals surface area (Å²) in [5.74, 6) is -0.826. The molecule has 0 spiro atoms. The number of nitro benzene ring substituents is 1. The summed E-state index contributed by atoms with van der Waals surface area (Å²) >= 11 is 0. The van der Waals surface area contributed by atoms with Gasteiger partial charge in [-0.25, -0.2) is 0 Å². The molecular formula is C20H23N3O4. The predicted octanol–water partition coefficient (Wildman–Crippen LogP) is 2.85. The van der Waals surface area contributed by atoms with E-state index in [-0.39, 0.29) is 23.2 Å². The van der Waals surface area contributed by atoms with Crippen molar-refractivity contribution in [1.29, 1.82) is 0 Å². The highest BCUT2D eigenvalue weighted by atomic mass is 16.6. The molecule has 0 aromatic heterocycles. The average molecular weight is 369 g/mol. The Morgan fingerprint density at radius 3 is 2.41 bits per heavy atom. The number of rotatable bonds is 8. The van der Waals surface area contributed by atoms with Gasteiger partial charge in [-0.1, -0.05) is 36.4 Å². The third-order valence-corrected chi connectivity index (χ3v) is 4.16. The van der Waals surface area contributed by atoms with Gasteiger partial charge in [0, 0.05) is 23.7 Å². The molecule has 0 saturated heterocycles. The van der Waals surface area contributed by atoms with Crippen molar-refractivity contribution in [3.8, 4) is 0 Å². The van der Waals surface area contributed by atoms with E-state index in [1.165, 1.54) is 29.8 Å². The van der Waals surface area contributed by atoms with Gasteiger partial charge in [0.15, 0.2) is 0 Å². The van der Waals surface area contributed by atoms with Crippen molar-refractivity contribution in [2.45, 2.75) is 38.8 Å². The van der Waals surface area contributed by atoms with Crippen LogP contribution in [0.2, 0.25) is 0 Å². The topological polar surface area (TPSA) is 101 Å². The van der Waals surface area contributed by atoms with Crippen molar-refractivity contribution < 1.29 is 14.5 Å².